The first-order valence-corrected chi connectivity index (χ1v) is 9.44. The molecule has 0 bridgehead atoms. The number of hydrogen-bond donors (Lipinski definition) is 2. The van der Waals surface area contributed by atoms with Crippen molar-refractivity contribution in [3.63, 3.8) is 0 Å². The first-order valence-electron chi connectivity index (χ1n) is 7.79. The summed E-state index contributed by atoms with van der Waals surface area (Å²) in [6, 6.07) is 0.203. The summed E-state index contributed by atoms with van der Waals surface area (Å²) in [4.78, 5) is 8.36. The molecule has 130 valence electrons. The van der Waals surface area contributed by atoms with Gasteiger partial charge in [-0.15, -0.1) is 0 Å². The largest absolute Gasteiger partial charge is 0.355 e. The fourth-order valence-electron chi connectivity index (χ4n) is 2.35. The first-order chi connectivity index (χ1) is 10.7. The van der Waals surface area contributed by atoms with Crippen LogP contribution in [-0.2, 0) is 22.8 Å². The minimum atomic E-state index is -3.13. The van der Waals surface area contributed by atoms with Crippen molar-refractivity contribution in [2.75, 3.05) is 19.3 Å². The van der Waals surface area contributed by atoms with E-state index >= 15 is 0 Å². The Hall–Kier alpha value is -1.64. The zero-order chi connectivity index (χ0) is 17.1. The number of nitrogens with one attached hydrogen (secondary N) is 2. The molecule has 0 aliphatic carbocycles. The van der Waals surface area contributed by atoms with Gasteiger partial charge in [0.05, 0.1) is 17.0 Å². The molecule has 23 heavy (non-hydrogen) atoms. The van der Waals surface area contributed by atoms with Crippen molar-refractivity contribution in [2.45, 2.75) is 50.9 Å². The summed E-state index contributed by atoms with van der Waals surface area (Å²) < 4.78 is 25.4. The third-order valence-electron chi connectivity index (χ3n) is 3.97. The monoisotopic (exact) mass is 342 g/mol. The lowest BCUT2D eigenvalue weighted by atomic mass is 10.1. The van der Waals surface area contributed by atoms with Crippen LogP contribution in [-0.4, -0.2) is 59.3 Å². The van der Waals surface area contributed by atoms with Gasteiger partial charge in [0.2, 0.25) is 0 Å². The van der Waals surface area contributed by atoms with E-state index < -0.39 is 14.6 Å². The minimum Gasteiger partial charge on any atom is -0.355 e. The van der Waals surface area contributed by atoms with Gasteiger partial charge in [0, 0.05) is 26.1 Å². The molecule has 0 saturated carbocycles. The van der Waals surface area contributed by atoms with E-state index in [1.807, 2.05) is 4.68 Å². The van der Waals surface area contributed by atoms with E-state index in [9.17, 15) is 8.42 Å². The molecule has 1 aliphatic rings. The molecule has 0 amide bonds. The van der Waals surface area contributed by atoms with Crippen molar-refractivity contribution < 1.29 is 8.42 Å². The molecule has 1 aliphatic heterocycles. The number of aliphatic imine (C=N–C) groups is 1. The van der Waals surface area contributed by atoms with Crippen LogP contribution >= 0.6 is 0 Å². The van der Waals surface area contributed by atoms with Gasteiger partial charge in [0.1, 0.15) is 12.2 Å². The maximum Gasteiger partial charge on any atom is 0.191 e. The van der Waals surface area contributed by atoms with Crippen molar-refractivity contribution in [1.29, 1.82) is 0 Å². The van der Waals surface area contributed by atoms with Crippen LogP contribution in [0.4, 0.5) is 0 Å². The number of guanidine groups is 1. The van der Waals surface area contributed by atoms with Crippen molar-refractivity contribution in [2.24, 2.45) is 4.99 Å². The second-order valence-electron chi connectivity index (χ2n) is 6.67. The van der Waals surface area contributed by atoms with E-state index in [1.165, 1.54) is 0 Å². The van der Waals surface area contributed by atoms with Crippen molar-refractivity contribution in [3.05, 3.63) is 12.2 Å². The van der Waals surface area contributed by atoms with Crippen LogP contribution in [0.15, 0.2) is 11.3 Å². The van der Waals surface area contributed by atoms with Gasteiger partial charge >= 0.3 is 0 Å². The first kappa shape index (κ1) is 17.7. The lowest BCUT2D eigenvalue weighted by molar-refractivity contribution is 0.393. The fraction of sp³-hybridized carbons (Fsp3) is 0.786. The minimum absolute atomic E-state index is 0.0785. The van der Waals surface area contributed by atoms with E-state index in [2.05, 4.69) is 25.7 Å². The standard InChI is InChI=1S/C14H26N6O2S/c1-14(2,3)23(21,22)8-7-16-13(15-4)19-11-5-6-12-17-10-18-20(12)9-11/h10-11H,5-9H2,1-4H3,(H2,15,16,19). The van der Waals surface area contributed by atoms with Crippen LogP contribution < -0.4 is 10.6 Å². The molecular weight excluding hydrogens is 316 g/mol. The highest BCUT2D eigenvalue weighted by Crippen LogP contribution is 2.15. The van der Waals surface area contributed by atoms with Gasteiger partial charge in [-0.25, -0.2) is 18.1 Å². The quantitative estimate of drug-likeness (QED) is 0.589. The molecule has 0 aromatic carbocycles. The van der Waals surface area contributed by atoms with Gasteiger partial charge in [0.25, 0.3) is 0 Å². The molecule has 1 aromatic rings. The van der Waals surface area contributed by atoms with Crippen molar-refractivity contribution in [1.82, 2.24) is 25.4 Å². The fourth-order valence-corrected chi connectivity index (χ4v) is 3.34. The van der Waals surface area contributed by atoms with Crippen LogP contribution in [0.3, 0.4) is 0 Å². The van der Waals surface area contributed by atoms with Gasteiger partial charge < -0.3 is 10.6 Å². The summed E-state index contributed by atoms with van der Waals surface area (Å²) in [5.41, 5.74) is 0. The van der Waals surface area contributed by atoms with Crippen LogP contribution in [0, 0.1) is 0 Å². The predicted octanol–water partition coefficient (Wildman–Crippen LogP) is -0.0288. The summed E-state index contributed by atoms with van der Waals surface area (Å²) in [5, 5.41) is 10.6. The smallest absolute Gasteiger partial charge is 0.191 e. The Labute approximate surface area is 137 Å². The second-order valence-corrected chi connectivity index (χ2v) is 9.53. The molecule has 2 heterocycles. The average Bonchev–Trinajstić information content (AvgIpc) is 2.92. The summed E-state index contributed by atoms with van der Waals surface area (Å²) in [6.07, 6.45) is 3.38. The normalized spacial score (nSPS) is 19.3. The van der Waals surface area contributed by atoms with Crippen molar-refractivity contribution >= 4 is 15.8 Å². The molecule has 2 rings (SSSR count). The zero-order valence-corrected chi connectivity index (χ0v) is 15.0. The number of rotatable bonds is 4. The lowest BCUT2D eigenvalue weighted by Crippen LogP contribution is -2.48. The molecule has 2 N–H and O–H groups in total. The van der Waals surface area contributed by atoms with Gasteiger partial charge in [-0.2, -0.15) is 5.10 Å². The Morgan fingerprint density at radius 1 is 1.48 bits per heavy atom. The Balaban J connectivity index is 1.83. The van der Waals surface area contributed by atoms with Gasteiger partial charge in [0.15, 0.2) is 15.8 Å². The number of sulfone groups is 1. The predicted molar refractivity (Wildman–Crippen MR) is 90.2 cm³/mol. The molecular formula is C14H26N6O2S. The average molecular weight is 342 g/mol. The molecule has 1 unspecified atom stereocenters. The highest BCUT2D eigenvalue weighted by Gasteiger charge is 2.28. The highest BCUT2D eigenvalue weighted by molar-refractivity contribution is 7.92. The number of aryl methyl sites for hydroxylation is 1. The molecule has 0 radical (unpaired) electrons. The van der Waals surface area contributed by atoms with Crippen LogP contribution in [0.5, 0.6) is 0 Å². The Morgan fingerprint density at radius 2 is 2.22 bits per heavy atom. The van der Waals surface area contributed by atoms with E-state index in [0.717, 1.165) is 25.2 Å². The third-order valence-corrected chi connectivity index (χ3v) is 6.57. The van der Waals surface area contributed by atoms with Gasteiger partial charge in [-0.3, -0.25) is 4.99 Å². The molecule has 1 atom stereocenters. The molecule has 9 heteroatoms. The topological polar surface area (TPSA) is 101 Å². The summed E-state index contributed by atoms with van der Waals surface area (Å²) in [5.74, 6) is 1.69. The maximum atomic E-state index is 12.1. The van der Waals surface area contributed by atoms with Crippen LogP contribution in [0.25, 0.3) is 0 Å². The maximum absolute atomic E-state index is 12.1. The number of aromatic nitrogens is 3. The molecule has 0 saturated heterocycles. The van der Waals surface area contributed by atoms with E-state index in [-0.39, 0.29) is 11.8 Å². The molecule has 1 aromatic heterocycles. The van der Waals surface area contributed by atoms with E-state index in [0.29, 0.717) is 12.5 Å². The van der Waals surface area contributed by atoms with Gasteiger partial charge in [-0.05, 0) is 27.2 Å². The van der Waals surface area contributed by atoms with E-state index in [1.54, 1.807) is 34.1 Å². The second kappa shape index (κ2) is 6.86. The molecule has 0 fully saturated rings. The SMILES string of the molecule is CN=C(NCCS(=O)(=O)C(C)(C)C)NC1CCc2ncnn2C1. The summed E-state index contributed by atoms with van der Waals surface area (Å²) in [7, 11) is -1.46. The summed E-state index contributed by atoms with van der Waals surface area (Å²) >= 11 is 0. The Morgan fingerprint density at radius 3 is 2.87 bits per heavy atom. The Bertz CT molecular complexity index is 659. The lowest BCUT2D eigenvalue weighted by Gasteiger charge is -2.25. The van der Waals surface area contributed by atoms with Gasteiger partial charge in [-0.1, -0.05) is 0 Å². The molecule has 8 nitrogen and oxygen atoms in total. The zero-order valence-electron chi connectivity index (χ0n) is 14.2. The number of fused-ring (bicyclic) bond motifs is 1. The number of hydrogen-bond acceptors (Lipinski definition) is 5. The molecule has 0 spiro atoms. The van der Waals surface area contributed by atoms with Crippen LogP contribution in [0.1, 0.15) is 33.0 Å². The Kier molecular flexibility index (Phi) is 5.28. The van der Waals surface area contributed by atoms with E-state index in [4.69, 9.17) is 0 Å². The van der Waals surface area contributed by atoms with Crippen LogP contribution in [0.2, 0.25) is 0 Å². The number of nitrogens with zero attached hydrogens (tertiary/aromatic N) is 4. The highest BCUT2D eigenvalue weighted by atomic mass is 32.2. The third kappa shape index (κ3) is 4.43. The summed E-state index contributed by atoms with van der Waals surface area (Å²) in [6.45, 7) is 6.21. The van der Waals surface area contributed by atoms with Crippen molar-refractivity contribution in [3.8, 4) is 0 Å².